The fourth-order valence-electron chi connectivity index (χ4n) is 0.939. The minimum Gasteiger partial charge on any atom is -0.372 e. The number of amides is 1. The van der Waals surface area contributed by atoms with Gasteiger partial charge in [-0.1, -0.05) is 0 Å². The lowest BCUT2D eigenvalue weighted by Gasteiger charge is -2.09. The molecule has 4 heteroatoms. The molecule has 0 aromatic carbocycles. The maximum absolute atomic E-state index is 11.4. The van der Waals surface area contributed by atoms with Crippen molar-refractivity contribution in [2.75, 3.05) is 12.4 Å². The molecule has 0 aliphatic heterocycles. The minimum absolute atomic E-state index is 0.189. The van der Waals surface area contributed by atoms with E-state index in [-0.39, 0.29) is 5.91 Å². The molecule has 1 heterocycles. The summed E-state index contributed by atoms with van der Waals surface area (Å²) in [7, 11) is 1.49. The van der Waals surface area contributed by atoms with Gasteiger partial charge in [0.15, 0.2) is 0 Å². The van der Waals surface area contributed by atoms with Crippen LogP contribution in [0.25, 0.3) is 0 Å². The Morgan fingerprint density at radius 1 is 1.64 bits per heavy atom. The first-order chi connectivity index (χ1) is 6.63. The second-order valence-electron chi connectivity index (χ2n) is 3.09. The molecule has 1 rings (SSSR count). The largest absolute Gasteiger partial charge is 0.372 e. The van der Waals surface area contributed by atoms with Crippen LogP contribution in [-0.2, 0) is 9.53 Å². The molecule has 0 bridgehead atoms. The summed E-state index contributed by atoms with van der Waals surface area (Å²) in [5.41, 5.74) is 1.06. The Labute approximate surface area is 83.3 Å². The summed E-state index contributed by atoms with van der Waals surface area (Å²) in [6.07, 6.45) is 1.19. The van der Waals surface area contributed by atoms with Crippen molar-refractivity contribution in [2.24, 2.45) is 0 Å². The zero-order valence-electron chi connectivity index (χ0n) is 8.57. The summed E-state index contributed by atoms with van der Waals surface area (Å²) >= 11 is 0. The Bertz CT molecular complexity index is 326. The molecule has 4 nitrogen and oxygen atoms in total. The molecule has 0 saturated carbocycles. The first-order valence-electron chi connectivity index (χ1n) is 4.40. The standard InChI is InChI=1S/C10H14N2O2/c1-7-4-5-11-9(6-7)12-10(13)8(2)14-3/h4-6,8H,1-3H3,(H,11,12,13). The molecular weight excluding hydrogens is 180 g/mol. The number of hydrogen-bond acceptors (Lipinski definition) is 3. The van der Waals surface area contributed by atoms with E-state index in [2.05, 4.69) is 10.3 Å². The highest BCUT2D eigenvalue weighted by Crippen LogP contribution is 2.05. The molecule has 1 aromatic rings. The highest BCUT2D eigenvalue weighted by molar-refractivity contribution is 5.93. The van der Waals surface area contributed by atoms with E-state index in [0.717, 1.165) is 5.56 Å². The Kier molecular flexibility index (Phi) is 3.59. The van der Waals surface area contributed by atoms with Gasteiger partial charge in [-0.3, -0.25) is 4.79 Å². The third kappa shape index (κ3) is 2.81. The second kappa shape index (κ2) is 4.72. The number of aryl methyl sites for hydroxylation is 1. The molecule has 1 amide bonds. The summed E-state index contributed by atoms with van der Waals surface area (Å²) in [4.78, 5) is 15.4. The number of pyridine rings is 1. The lowest BCUT2D eigenvalue weighted by atomic mass is 10.3. The van der Waals surface area contributed by atoms with Gasteiger partial charge >= 0.3 is 0 Å². The van der Waals surface area contributed by atoms with E-state index < -0.39 is 6.10 Å². The Morgan fingerprint density at radius 2 is 2.36 bits per heavy atom. The number of hydrogen-bond donors (Lipinski definition) is 1. The zero-order valence-corrected chi connectivity index (χ0v) is 8.57. The molecule has 76 valence electrons. The van der Waals surface area contributed by atoms with Crippen LogP contribution < -0.4 is 5.32 Å². The number of aromatic nitrogens is 1. The first-order valence-corrected chi connectivity index (χ1v) is 4.40. The molecule has 0 spiro atoms. The van der Waals surface area contributed by atoms with Gasteiger partial charge in [-0.15, -0.1) is 0 Å². The van der Waals surface area contributed by atoms with E-state index in [0.29, 0.717) is 5.82 Å². The second-order valence-corrected chi connectivity index (χ2v) is 3.09. The summed E-state index contributed by atoms with van der Waals surface area (Å²) in [5.74, 6) is 0.365. The molecule has 0 aliphatic carbocycles. The van der Waals surface area contributed by atoms with Crippen LogP contribution in [0, 0.1) is 6.92 Å². The van der Waals surface area contributed by atoms with Crippen molar-refractivity contribution in [2.45, 2.75) is 20.0 Å². The van der Waals surface area contributed by atoms with Crippen molar-refractivity contribution in [3.8, 4) is 0 Å². The van der Waals surface area contributed by atoms with Crippen molar-refractivity contribution >= 4 is 11.7 Å². The number of methoxy groups -OCH3 is 1. The predicted octanol–water partition coefficient (Wildman–Crippen LogP) is 1.36. The Morgan fingerprint density at radius 3 is 2.93 bits per heavy atom. The van der Waals surface area contributed by atoms with Gasteiger partial charge in [0, 0.05) is 13.3 Å². The molecule has 14 heavy (non-hydrogen) atoms. The number of nitrogens with zero attached hydrogens (tertiary/aromatic N) is 1. The number of ether oxygens (including phenoxy) is 1. The van der Waals surface area contributed by atoms with E-state index in [9.17, 15) is 4.79 Å². The summed E-state index contributed by atoms with van der Waals surface area (Å²) in [6, 6.07) is 3.68. The SMILES string of the molecule is COC(C)C(=O)Nc1cc(C)ccn1. The van der Waals surface area contributed by atoms with Gasteiger partial charge in [0.2, 0.25) is 0 Å². The third-order valence-electron chi connectivity index (χ3n) is 1.89. The van der Waals surface area contributed by atoms with E-state index in [1.807, 2.05) is 13.0 Å². The van der Waals surface area contributed by atoms with Crippen LogP contribution in [0.1, 0.15) is 12.5 Å². The highest BCUT2D eigenvalue weighted by Gasteiger charge is 2.11. The molecule has 1 aromatic heterocycles. The van der Waals surface area contributed by atoms with Crippen LogP contribution in [0.15, 0.2) is 18.3 Å². The van der Waals surface area contributed by atoms with Crippen molar-refractivity contribution in [3.05, 3.63) is 23.9 Å². The fraction of sp³-hybridized carbons (Fsp3) is 0.400. The topological polar surface area (TPSA) is 51.2 Å². The molecule has 0 aliphatic rings. The molecule has 1 N–H and O–H groups in total. The maximum Gasteiger partial charge on any atom is 0.254 e. The summed E-state index contributed by atoms with van der Waals surface area (Å²) < 4.78 is 4.87. The van der Waals surface area contributed by atoms with Crippen molar-refractivity contribution in [1.29, 1.82) is 0 Å². The van der Waals surface area contributed by atoms with Crippen LogP contribution in [0.4, 0.5) is 5.82 Å². The molecule has 0 saturated heterocycles. The van der Waals surface area contributed by atoms with Crippen LogP contribution >= 0.6 is 0 Å². The number of carbonyl (C=O) groups is 1. The normalized spacial score (nSPS) is 12.2. The lowest BCUT2D eigenvalue weighted by molar-refractivity contribution is -0.124. The molecule has 0 fully saturated rings. The quantitative estimate of drug-likeness (QED) is 0.790. The van der Waals surface area contributed by atoms with Crippen molar-refractivity contribution in [1.82, 2.24) is 4.98 Å². The summed E-state index contributed by atoms with van der Waals surface area (Å²) in [5, 5.41) is 2.66. The average Bonchev–Trinajstić information content (AvgIpc) is 2.16. The number of carbonyl (C=O) groups excluding carboxylic acids is 1. The molecule has 1 unspecified atom stereocenters. The van der Waals surface area contributed by atoms with E-state index in [1.54, 1.807) is 19.2 Å². The van der Waals surface area contributed by atoms with E-state index >= 15 is 0 Å². The molecular formula is C10H14N2O2. The third-order valence-corrected chi connectivity index (χ3v) is 1.89. The molecule has 0 radical (unpaired) electrons. The van der Waals surface area contributed by atoms with Crippen LogP contribution in [0.5, 0.6) is 0 Å². The monoisotopic (exact) mass is 194 g/mol. The van der Waals surface area contributed by atoms with E-state index in [1.165, 1.54) is 7.11 Å². The average molecular weight is 194 g/mol. The number of nitrogens with one attached hydrogen (secondary N) is 1. The van der Waals surface area contributed by atoms with Gasteiger partial charge in [-0.25, -0.2) is 4.98 Å². The smallest absolute Gasteiger partial charge is 0.254 e. The Balaban J connectivity index is 2.65. The van der Waals surface area contributed by atoms with Crippen molar-refractivity contribution < 1.29 is 9.53 Å². The van der Waals surface area contributed by atoms with Gasteiger partial charge < -0.3 is 10.1 Å². The van der Waals surface area contributed by atoms with Crippen LogP contribution in [-0.4, -0.2) is 24.1 Å². The number of rotatable bonds is 3. The minimum atomic E-state index is -0.461. The first kappa shape index (κ1) is 10.7. The summed E-state index contributed by atoms with van der Waals surface area (Å²) in [6.45, 7) is 3.63. The highest BCUT2D eigenvalue weighted by atomic mass is 16.5. The maximum atomic E-state index is 11.4. The van der Waals surface area contributed by atoms with Gasteiger partial charge in [0.05, 0.1) is 0 Å². The van der Waals surface area contributed by atoms with Gasteiger partial charge in [-0.2, -0.15) is 0 Å². The molecule has 1 atom stereocenters. The fourth-order valence-corrected chi connectivity index (χ4v) is 0.939. The van der Waals surface area contributed by atoms with Gasteiger partial charge in [-0.05, 0) is 31.5 Å². The van der Waals surface area contributed by atoms with Crippen LogP contribution in [0.2, 0.25) is 0 Å². The van der Waals surface area contributed by atoms with Crippen molar-refractivity contribution in [3.63, 3.8) is 0 Å². The predicted molar refractivity (Wildman–Crippen MR) is 54.1 cm³/mol. The van der Waals surface area contributed by atoms with Crippen LogP contribution in [0.3, 0.4) is 0 Å². The zero-order chi connectivity index (χ0) is 10.6. The number of anilines is 1. The lowest BCUT2D eigenvalue weighted by Crippen LogP contribution is -2.26. The van der Waals surface area contributed by atoms with E-state index in [4.69, 9.17) is 4.74 Å². The Hall–Kier alpha value is -1.42. The van der Waals surface area contributed by atoms with Gasteiger partial charge in [0.1, 0.15) is 11.9 Å². The van der Waals surface area contributed by atoms with Gasteiger partial charge in [0.25, 0.3) is 5.91 Å².